The van der Waals surface area contributed by atoms with E-state index in [0.717, 1.165) is 12.1 Å². The second kappa shape index (κ2) is 6.27. The maximum absolute atomic E-state index is 13.5. The van der Waals surface area contributed by atoms with Crippen LogP contribution >= 0.6 is 0 Å². The molecule has 0 spiro atoms. The highest BCUT2D eigenvalue weighted by molar-refractivity contribution is 5.53. The Morgan fingerprint density at radius 3 is 2.52 bits per heavy atom. The molecule has 2 heterocycles. The molecule has 0 N–H and O–H groups in total. The van der Waals surface area contributed by atoms with E-state index in [1.165, 1.54) is 34.9 Å². The van der Waals surface area contributed by atoms with Crippen molar-refractivity contribution >= 4 is 17.2 Å². The van der Waals surface area contributed by atoms with Crippen LogP contribution in [0.5, 0.6) is 0 Å². The van der Waals surface area contributed by atoms with E-state index in [1.54, 1.807) is 0 Å². The fourth-order valence-electron chi connectivity index (χ4n) is 2.36. The van der Waals surface area contributed by atoms with Crippen molar-refractivity contribution in [2.75, 3.05) is 0 Å². The summed E-state index contributed by atoms with van der Waals surface area (Å²) in [6, 6.07) is 7.32. The Bertz CT molecular complexity index is 941. The Hall–Kier alpha value is -2.77. The highest BCUT2D eigenvalue weighted by atomic mass is 19.4. The van der Waals surface area contributed by atoms with Crippen LogP contribution in [0.1, 0.15) is 31.0 Å². The summed E-state index contributed by atoms with van der Waals surface area (Å²) in [4.78, 5) is 4.38. The summed E-state index contributed by atoms with van der Waals surface area (Å²) in [5.41, 5.74) is 0.317. The van der Waals surface area contributed by atoms with Crippen LogP contribution in [-0.4, -0.2) is 9.38 Å². The van der Waals surface area contributed by atoms with E-state index >= 15 is 0 Å². The van der Waals surface area contributed by atoms with Gasteiger partial charge in [0, 0.05) is 6.20 Å². The molecule has 0 aliphatic carbocycles. The zero-order chi connectivity index (χ0) is 18.2. The maximum Gasteiger partial charge on any atom is 0.416 e. The molecule has 0 atom stereocenters. The minimum Gasteiger partial charge on any atom is -0.280 e. The van der Waals surface area contributed by atoms with Gasteiger partial charge in [-0.3, -0.25) is 4.40 Å². The van der Waals surface area contributed by atoms with E-state index in [-0.39, 0.29) is 11.6 Å². The number of azo groups is 1. The molecular formula is C17H14F4N4. The van der Waals surface area contributed by atoms with E-state index in [4.69, 9.17) is 0 Å². The van der Waals surface area contributed by atoms with Crippen molar-refractivity contribution in [1.82, 2.24) is 9.38 Å². The van der Waals surface area contributed by atoms with Crippen LogP contribution in [0.15, 0.2) is 52.8 Å². The predicted molar refractivity (Wildman–Crippen MR) is 84.9 cm³/mol. The van der Waals surface area contributed by atoms with Gasteiger partial charge >= 0.3 is 6.18 Å². The van der Waals surface area contributed by atoms with E-state index < -0.39 is 17.6 Å². The van der Waals surface area contributed by atoms with Gasteiger partial charge in [0.2, 0.25) is 0 Å². The van der Waals surface area contributed by atoms with E-state index in [2.05, 4.69) is 15.2 Å². The number of hydrogen-bond donors (Lipinski definition) is 0. The monoisotopic (exact) mass is 350 g/mol. The number of hydrogen-bond acceptors (Lipinski definition) is 3. The number of aromatic nitrogens is 2. The normalized spacial score (nSPS) is 12.6. The van der Waals surface area contributed by atoms with Gasteiger partial charge in [-0.05, 0) is 36.2 Å². The van der Waals surface area contributed by atoms with Gasteiger partial charge < -0.3 is 0 Å². The van der Waals surface area contributed by atoms with Crippen molar-refractivity contribution in [2.24, 2.45) is 10.2 Å². The van der Waals surface area contributed by atoms with Gasteiger partial charge in [-0.25, -0.2) is 9.37 Å². The Morgan fingerprint density at radius 2 is 1.84 bits per heavy atom. The first-order valence-corrected chi connectivity index (χ1v) is 7.52. The average molecular weight is 350 g/mol. The summed E-state index contributed by atoms with van der Waals surface area (Å²) < 4.78 is 53.3. The molecule has 2 aromatic heterocycles. The summed E-state index contributed by atoms with van der Waals surface area (Å²) in [6.07, 6.45) is -3.24. The first-order valence-electron chi connectivity index (χ1n) is 7.52. The minimum atomic E-state index is -4.46. The zero-order valence-electron chi connectivity index (χ0n) is 13.4. The molecule has 0 radical (unpaired) electrons. The lowest BCUT2D eigenvalue weighted by molar-refractivity contribution is -0.137. The molecule has 0 saturated carbocycles. The van der Waals surface area contributed by atoms with Crippen LogP contribution in [0.25, 0.3) is 5.65 Å². The highest BCUT2D eigenvalue weighted by Crippen LogP contribution is 2.33. The quantitative estimate of drug-likeness (QED) is 0.420. The summed E-state index contributed by atoms with van der Waals surface area (Å²) >= 11 is 0. The lowest BCUT2D eigenvalue weighted by Gasteiger charge is -2.06. The van der Waals surface area contributed by atoms with E-state index in [0.29, 0.717) is 17.2 Å². The van der Waals surface area contributed by atoms with E-state index in [9.17, 15) is 17.6 Å². The average Bonchev–Trinajstić information content (AvgIpc) is 2.90. The first-order chi connectivity index (χ1) is 11.8. The molecule has 8 heteroatoms. The lowest BCUT2D eigenvalue weighted by atomic mass is 10.1. The molecule has 3 rings (SSSR count). The van der Waals surface area contributed by atoms with Crippen LogP contribution in [0.3, 0.4) is 0 Å². The van der Waals surface area contributed by atoms with Crippen molar-refractivity contribution < 1.29 is 17.6 Å². The first kappa shape index (κ1) is 17.1. The topological polar surface area (TPSA) is 42.0 Å². The Morgan fingerprint density at radius 1 is 1.08 bits per heavy atom. The summed E-state index contributed by atoms with van der Waals surface area (Å²) in [7, 11) is 0. The number of rotatable bonds is 3. The molecule has 0 aliphatic heterocycles. The molecule has 25 heavy (non-hydrogen) atoms. The van der Waals surface area contributed by atoms with Crippen LogP contribution in [0.2, 0.25) is 0 Å². The standard InChI is InChI=1S/C17H14F4N4/c1-10(2)15-16(25-9-12(18)6-7-14(25)22-15)24-23-13-5-3-4-11(8-13)17(19,20)21/h3-10H,1-2H3. The summed E-state index contributed by atoms with van der Waals surface area (Å²) in [5, 5.41) is 7.93. The number of imidazole rings is 1. The smallest absolute Gasteiger partial charge is 0.280 e. The van der Waals surface area contributed by atoms with Gasteiger partial charge in [-0.15, -0.1) is 10.2 Å². The highest BCUT2D eigenvalue weighted by Gasteiger charge is 2.30. The summed E-state index contributed by atoms with van der Waals surface area (Å²) in [5.74, 6) is -0.198. The minimum absolute atomic E-state index is 0.0154. The van der Waals surface area contributed by atoms with Gasteiger partial charge in [0.15, 0.2) is 5.82 Å². The Balaban J connectivity index is 2.07. The number of pyridine rings is 1. The van der Waals surface area contributed by atoms with Crippen LogP contribution < -0.4 is 0 Å². The van der Waals surface area contributed by atoms with Gasteiger partial charge in [0.1, 0.15) is 11.5 Å². The molecule has 3 aromatic rings. The number of fused-ring (bicyclic) bond motifs is 1. The van der Waals surface area contributed by atoms with Gasteiger partial charge in [0.25, 0.3) is 0 Å². The third kappa shape index (κ3) is 3.52. The second-order valence-corrected chi connectivity index (χ2v) is 5.80. The fraction of sp³-hybridized carbons (Fsp3) is 0.235. The Labute approximate surface area is 140 Å². The second-order valence-electron chi connectivity index (χ2n) is 5.80. The van der Waals surface area contributed by atoms with E-state index in [1.807, 2.05) is 13.8 Å². The molecule has 0 bridgehead atoms. The molecule has 0 saturated heterocycles. The summed E-state index contributed by atoms with van der Waals surface area (Å²) in [6.45, 7) is 3.78. The van der Waals surface area contributed by atoms with Gasteiger partial charge in [0.05, 0.1) is 16.9 Å². The molecule has 0 fully saturated rings. The molecular weight excluding hydrogens is 336 g/mol. The molecule has 4 nitrogen and oxygen atoms in total. The van der Waals surface area contributed by atoms with Gasteiger partial charge in [-0.2, -0.15) is 13.2 Å². The van der Waals surface area contributed by atoms with Crippen LogP contribution in [-0.2, 0) is 6.18 Å². The molecule has 130 valence electrons. The molecule has 1 aromatic carbocycles. The predicted octanol–water partition coefficient (Wildman–Crippen LogP) is 6.03. The Kier molecular flexibility index (Phi) is 4.28. The third-order valence-electron chi connectivity index (χ3n) is 3.56. The lowest BCUT2D eigenvalue weighted by Crippen LogP contribution is -2.03. The molecule has 0 aliphatic rings. The van der Waals surface area contributed by atoms with Crippen molar-refractivity contribution in [1.29, 1.82) is 0 Å². The largest absolute Gasteiger partial charge is 0.416 e. The van der Waals surface area contributed by atoms with Crippen LogP contribution in [0, 0.1) is 5.82 Å². The van der Waals surface area contributed by atoms with Crippen LogP contribution in [0.4, 0.5) is 29.1 Å². The fourth-order valence-corrected chi connectivity index (χ4v) is 2.36. The van der Waals surface area contributed by atoms with Crippen molar-refractivity contribution in [2.45, 2.75) is 25.9 Å². The molecule has 0 unspecified atom stereocenters. The molecule has 0 amide bonds. The number of nitrogens with zero attached hydrogens (tertiary/aromatic N) is 4. The van der Waals surface area contributed by atoms with Crippen molar-refractivity contribution in [3.8, 4) is 0 Å². The number of benzene rings is 1. The third-order valence-corrected chi connectivity index (χ3v) is 3.56. The zero-order valence-corrected chi connectivity index (χ0v) is 13.4. The maximum atomic E-state index is 13.5. The van der Waals surface area contributed by atoms with Gasteiger partial charge in [-0.1, -0.05) is 19.9 Å². The number of alkyl halides is 3. The van der Waals surface area contributed by atoms with Crippen molar-refractivity contribution in [3.63, 3.8) is 0 Å². The number of halogens is 4. The SMILES string of the molecule is CC(C)c1nc2ccc(F)cn2c1N=Nc1cccc(C(F)(F)F)c1. The van der Waals surface area contributed by atoms with Crippen molar-refractivity contribution in [3.05, 3.63) is 59.7 Å².